The molecule has 0 spiro atoms. The summed E-state index contributed by atoms with van der Waals surface area (Å²) in [6.45, 7) is -0.276. The van der Waals surface area contributed by atoms with E-state index in [1.165, 1.54) is 29.1 Å². The van der Waals surface area contributed by atoms with Crippen LogP contribution in [-0.4, -0.2) is 14.5 Å². The van der Waals surface area contributed by atoms with Gasteiger partial charge in [0, 0.05) is 11.8 Å². The van der Waals surface area contributed by atoms with Crippen LogP contribution in [0.4, 0.5) is 17.6 Å². The second-order valence-corrected chi connectivity index (χ2v) is 5.68. The topological polar surface area (TPSA) is 30.7 Å². The Bertz CT molecular complexity index is 1080. The summed E-state index contributed by atoms with van der Waals surface area (Å²) in [4.78, 5) is 8.17. The van der Waals surface area contributed by atoms with Gasteiger partial charge in [-0.2, -0.15) is 0 Å². The van der Waals surface area contributed by atoms with Crippen molar-refractivity contribution in [3.63, 3.8) is 0 Å². The minimum Gasteiger partial charge on any atom is -0.319 e. The van der Waals surface area contributed by atoms with Gasteiger partial charge in [0.1, 0.15) is 34.6 Å². The SMILES string of the molecule is Fc1cccc(F)c1Cn1c(-c2c(F)cccc2F)nc2cnccc21. The molecule has 2 aromatic heterocycles. The largest absolute Gasteiger partial charge is 0.319 e. The van der Waals surface area contributed by atoms with Crippen molar-refractivity contribution in [1.29, 1.82) is 0 Å². The van der Waals surface area contributed by atoms with Crippen LogP contribution in [0.1, 0.15) is 5.56 Å². The zero-order valence-corrected chi connectivity index (χ0v) is 13.3. The Hall–Kier alpha value is -3.22. The molecule has 4 aromatic rings. The van der Waals surface area contributed by atoms with Crippen LogP contribution in [0.3, 0.4) is 0 Å². The van der Waals surface area contributed by atoms with Crippen molar-refractivity contribution in [2.24, 2.45) is 0 Å². The summed E-state index contributed by atoms with van der Waals surface area (Å²) >= 11 is 0. The number of benzene rings is 2. The lowest BCUT2D eigenvalue weighted by Crippen LogP contribution is -2.08. The molecule has 4 rings (SSSR count). The molecule has 0 atom stereocenters. The van der Waals surface area contributed by atoms with E-state index >= 15 is 0 Å². The van der Waals surface area contributed by atoms with Crippen LogP contribution in [0.5, 0.6) is 0 Å². The van der Waals surface area contributed by atoms with E-state index in [1.807, 2.05) is 0 Å². The summed E-state index contributed by atoms with van der Waals surface area (Å²) in [7, 11) is 0. The van der Waals surface area contributed by atoms with Crippen molar-refractivity contribution in [3.05, 3.63) is 83.7 Å². The predicted molar refractivity (Wildman–Crippen MR) is 88.3 cm³/mol. The third-order valence-electron chi connectivity index (χ3n) is 4.11. The van der Waals surface area contributed by atoms with E-state index in [0.29, 0.717) is 11.0 Å². The van der Waals surface area contributed by atoms with Gasteiger partial charge in [0.15, 0.2) is 0 Å². The van der Waals surface area contributed by atoms with Crippen LogP contribution in [0, 0.1) is 23.3 Å². The number of imidazole rings is 1. The number of halogens is 4. The second-order valence-electron chi connectivity index (χ2n) is 5.68. The molecule has 0 aliphatic carbocycles. The van der Waals surface area contributed by atoms with Gasteiger partial charge in [-0.25, -0.2) is 22.5 Å². The molecule has 0 radical (unpaired) electrons. The van der Waals surface area contributed by atoms with Gasteiger partial charge in [-0.05, 0) is 30.3 Å². The maximum absolute atomic E-state index is 14.3. The number of aromatic nitrogens is 3. The lowest BCUT2D eigenvalue weighted by atomic mass is 10.1. The Kier molecular flexibility index (Phi) is 3.91. The fraction of sp³-hybridized carbons (Fsp3) is 0.0526. The van der Waals surface area contributed by atoms with Crippen molar-refractivity contribution in [2.45, 2.75) is 6.54 Å². The first-order chi connectivity index (χ1) is 12.6. The summed E-state index contributed by atoms with van der Waals surface area (Å²) in [6.07, 6.45) is 2.89. The second kappa shape index (κ2) is 6.25. The molecule has 2 heterocycles. The van der Waals surface area contributed by atoms with Gasteiger partial charge in [0.05, 0.1) is 23.8 Å². The van der Waals surface area contributed by atoms with Crippen molar-refractivity contribution >= 4 is 11.0 Å². The van der Waals surface area contributed by atoms with E-state index in [9.17, 15) is 17.6 Å². The van der Waals surface area contributed by atoms with Crippen LogP contribution in [-0.2, 0) is 6.54 Å². The van der Waals surface area contributed by atoms with Gasteiger partial charge in [-0.3, -0.25) is 4.98 Å². The van der Waals surface area contributed by atoms with Crippen LogP contribution in [0.15, 0.2) is 54.9 Å². The third-order valence-corrected chi connectivity index (χ3v) is 4.11. The lowest BCUT2D eigenvalue weighted by molar-refractivity contribution is 0.546. The van der Waals surface area contributed by atoms with Gasteiger partial charge in [0.25, 0.3) is 0 Å². The van der Waals surface area contributed by atoms with Gasteiger partial charge in [0.2, 0.25) is 0 Å². The summed E-state index contributed by atoms with van der Waals surface area (Å²) in [5.41, 5.74) is 0.240. The molecular weight excluding hydrogens is 346 g/mol. The normalized spacial score (nSPS) is 11.2. The van der Waals surface area contributed by atoms with Crippen molar-refractivity contribution in [3.8, 4) is 11.4 Å². The average Bonchev–Trinajstić information content (AvgIpc) is 2.96. The molecule has 7 heteroatoms. The number of pyridine rings is 1. The molecule has 0 unspecified atom stereocenters. The van der Waals surface area contributed by atoms with E-state index in [4.69, 9.17) is 0 Å². The average molecular weight is 357 g/mol. The number of hydrogen-bond acceptors (Lipinski definition) is 2. The number of hydrogen-bond donors (Lipinski definition) is 0. The number of fused-ring (bicyclic) bond motifs is 1. The Balaban J connectivity index is 1.99. The maximum atomic E-state index is 14.3. The first kappa shape index (κ1) is 16.3. The Morgan fingerprint density at radius 3 is 2.08 bits per heavy atom. The summed E-state index contributed by atoms with van der Waals surface area (Å²) in [6, 6.07) is 8.52. The van der Waals surface area contributed by atoms with Crippen LogP contribution < -0.4 is 0 Å². The van der Waals surface area contributed by atoms with Crippen LogP contribution in [0.25, 0.3) is 22.4 Å². The summed E-state index contributed by atoms with van der Waals surface area (Å²) in [5, 5.41) is 0. The molecule has 3 nitrogen and oxygen atoms in total. The van der Waals surface area contributed by atoms with E-state index in [2.05, 4.69) is 9.97 Å². The molecule has 0 aliphatic rings. The molecule has 0 fully saturated rings. The molecule has 0 saturated heterocycles. The van der Waals surface area contributed by atoms with E-state index in [-0.39, 0.29) is 23.5 Å². The quantitative estimate of drug-likeness (QED) is 0.498. The van der Waals surface area contributed by atoms with Crippen molar-refractivity contribution in [2.75, 3.05) is 0 Å². The zero-order valence-electron chi connectivity index (χ0n) is 13.3. The van der Waals surface area contributed by atoms with Crippen LogP contribution in [0.2, 0.25) is 0 Å². The fourth-order valence-electron chi connectivity index (χ4n) is 2.89. The highest BCUT2D eigenvalue weighted by atomic mass is 19.1. The standard InChI is InChI=1S/C19H11F4N3/c20-12-3-1-4-13(21)11(12)10-26-17-7-8-24-9-16(17)25-19(26)18-14(22)5-2-6-15(18)23/h1-9H,10H2. The number of nitrogens with zero attached hydrogens (tertiary/aromatic N) is 3. The van der Waals surface area contributed by atoms with Gasteiger partial charge in [-0.1, -0.05) is 12.1 Å². The first-order valence-corrected chi connectivity index (χ1v) is 7.74. The van der Waals surface area contributed by atoms with Crippen molar-refractivity contribution < 1.29 is 17.6 Å². The summed E-state index contributed by atoms with van der Waals surface area (Å²) < 4.78 is 58.1. The molecule has 0 saturated carbocycles. The Labute approximate surface area is 145 Å². The Morgan fingerprint density at radius 1 is 0.808 bits per heavy atom. The molecule has 0 N–H and O–H groups in total. The minimum absolute atomic E-state index is 0.0637. The zero-order chi connectivity index (χ0) is 18.3. The van der Waals surface area contributed by atoms with Gasteiger partial charge in [-0.15, -0.1) is 0 Å². The molecule has 0 bridgehead atoms. The molecule has 2 aromatic carbocycles. The smallest absolute Gasteiger partial charge is 0.147 e. The fourth-order valence-corrected chi connectivity index (χ4v) is 2.89. The van der Waals surface area contributed by atoms with Crippen molar-refractivity contribution in [1.82, 2.24) is 14.5 Å². The van der Waals surface area contributed by atoms with Gasteiger partial charge < -0.3 is 4.57 Å². The van der Waals surface area contributed by atoms with E-state index in [0.717, 1.165) is 24.3 Å². The molecule has 0 aliphatic heterocycles. The van der Waals surface area contributed by atoms with Gasteiger partial charge >= 0.3 is 0 Å². The summed E-state index contributed by atoms with van der Waals surface area (Å²) in [5.74, 6) is -3.19. The number of rotatable bonds is 3. The van der Waals surface area contributed by atoms with E-state index in [1.54, 1.807) is 6.07 Å². The van der Waals surface area contributed by atoms with E-state index < -0.39 is 23.3 Å². The molecule has 26 heavy (non-hydrogen) atoms. The molecule has 0 amide bonds. The highest BCUT2D eigenvalue weighted by Gasteiger charge is 2.21. The lowest BCUT2D eigenvalue weighted by Gasteiger charge is -2.12. The Morgan fingerprint density at radius 2 is 1.42 bits per heavy atom. The first-order valence-electron chi connectivity index (χ1n) is 7.74. The molecular formula is C19H11F4N3. The highest BCUT2D eigenvalue weighted by molar-refractivity contribution is 5.80. The highest BCUT2D eigenvalue weighted by Crippen LogP contribution is 2.30. The minimum atomic E-state index is -0.816. The molecule has 130 valence electrons. The predicted octanol–water partition coefficient (Wildman–Crippen LogP) is 4.70. The maximum Gasteiger partial charge on any atom is 0.147 e. The monoisotopic (exact) mass is 357 g/mol. The third kappa shape index (κ3) is 2.61. The van der Waals surface area contributed by atoms with Crippen LogP contribution >= 0.6 is 0 Å².